The summed E-state index contributed by atoms with van der Waals surface area (Å²) in [7, 11) is 7.06. The Morgan fingerprint density at radius 1 is 1.00 bits per heavy atom. The van der Waals surface area contributed by atoms with Gasteiger partial charge in [0.2, 0.25) is 0 Å². The zero-order chi connectivity index (χ0) is 52.0. The molecule has 18 heteroatoms. The summed E-state index contributed by atoms with van der Waals surface area (Å²) >= 11 is 1.64. The number of rotatable bonds is 15. The minimum atomic E-state index is -1.79. The van der Waals surface area contributed by atoms with Gasteiger partial charge < -0.3 is 58.6 Å². The van der Waals surface area contributed by atoms with Crippen molar-refractivity contribution < 1.29 is 58.0 Å². The van der Waals surface area contributed by atoms with Gasteiger partial charge in [-0.2, -0.15) is 0 Å². The van der Waals surface area contributed by atoms with Crippen molar-refractivity contribution in [1.82, 2.24) is 24.8 Å². The highest BCUT2D eigenvalue weighted by Crippen LogP contribution is 2.45. The van der Waals surface area contributed by atoms with E-state index in [0.29, 0.717) is 25.9 Å². The molecule has 19 atom stereocenters. The van der Waals surface area contributed by atoms with Gasteiger partial charge in [-0.15, -0.1) is 16.9 Å². The number of benzene rings is 1. The first-order valence-corrected chi connectivity index (χ1v) is 26.6. The molecule has 3 saturated heterocycles. The molecule has 16 nitrogen and oxygen atoms in total. The number of aliphatic hydroxyl groups is 4. The van der Waals surface area contributed by atoms with Gasteiger partial charge in [-0.1, -0.05) is 45.0 Å². The molecule has 70 heavy (non-hydrogen) atoms. The molecule has 4 heterocycles. The Balaban J connectivity index is 1.43. The van der Waals surface area contributed by atoms with Gasteiger partial charge in [0.25, 0.3) is 0 Å². The van der Waals surface area contributed by atoms with Crippen molar-refractivity contribution in [1.29, 1.82) is 0 Å². The minimum Gasteiger partial charge on any atom is -0.459 e. The number of alkyl halides is 1. The van der Waals surface area contributed by atoms with Crippen molar-refractivity contribution in [3.05, 3.63) is 41.7 Å². The first-order valence-electron chi connectivity index (χ1n) is 25.4. The number of esters is 1. The summed E-state index contributed by atoms with van der Waals surface area (Å²) in [6.07, 6.45) is -0.671. The van der Waals surface area contributed by atoms with Gasteiger partial charge in [0, 0.05) is 75.7 Å². The highest BCUT2D eigenvalue weighted by molar-refractivity contribution is 7.98. The fraction of sp³-hybridized carbons (Fsp3) is 0.827. The van der Waals surface area contributed by atoms with Crippen LogP contribution in [0.5, 0.6) is 0 Å². The number of cyclic esters (lactones) is 1. The molecule has 1 aromatic carbocycles. The second-order valence-corrected chi connectivity index (χ2v) is 22.6. The fourth-order valence-electron chi connectivity index (χ4n) is 11.8. The summed E-state index contributed by atoms with van der Waals surface area (Å²) in [4.78, 5) is 19.9. The van der Waals surface area contributed by atoms with Crippen LogP contribution in [0, 0.1) is 23.7 Å². The van der Waals surface area contributed by atoms with Gasteiger partial charge in [0.15, 0.2) is 6.29 Å². The highest BCUT2D eigenvalue weighted by Gasteiger charge is 2.54. The van der Waals surface area contributed by atoms with Gasteiger partial charge in [-0.05, 0) is 111 Å². The molecule has 4 N–H and O–H groups in total. The number of methoxy groups -OCH3 is 2. The molecule has 5 rings (SSSR count). The molecule has 3 aliphatic rings. The average Bonchev–Trinajstić information content (AvgIpc) is 3.79. The van der Waals surface area contributed by atoms with Crippen molar-refractivity contribution in [3.63, 3.8) is 0 Å². The van der Waals surface area contributed by atoms with Crippen LogP contribution in [-0.4, -0.2) is 183 Å². The maximum Gasteiger partial charge on any atom is 0.309 e. The summed E-state index contributed by atoms with van der Waals surface area (Å²) < 4.78 is 54.6. The summed E-state index contributed by atoms with van der Waals surface area (Å²) in [5.74, 6) is -2.82. The molecule has 2 aromatic rings. The van der Waals surface area contributed by atoms with Gasteiger partial charge in [-0.25, -0.2) is 9.07 Å². The molecule has 0 spiro atoms. The van der Waals surface area contributed by atoms with Crippen LogP contribution in [-0.2, 0) is 39.6 Å². The molecule has 0 radical (unpaired) electrons. The number of aromatic nitrogens is 3. The Labute approximate surface area is 421 Å². The van der Waals surface area contributed by atoms with Crippen molar-refractivity contribution in [2.45, 2.75) is 203 Å². The second-order valence-electron chi connectivity index (χ2n) is 21.8. The number of hydrogen-bond acceptors (Lipinski definition) is 16. The predicted molar refractivity (Wildman–Crippen MR) is 267 cm³/mol. The van der Waals surface area contributed by atoms with E-state index in [2.05, 4.69) is 22.3 Å². The number of carbonyl (C=O) groups is 1. The smallest absolute Gasteiger partial charge is 0.309 e. The van der Waals surface area contributed by atoms with Crippen LogP contribution < -0.4 is 0 Å². The lowest BCUT2D eigenvalue weighted by atomic mass is 9.68. The number of likely N-dealkylation sites (N-methyl/N-ethyl adjacent to an activating group) is 2. The number of ether oxygens (including phenoxy) is 6. The number of nitrogens with zero attached hydrogens (tertiary/aromatic N) is 5. The third kappa shape index (κ3) is 13.5. The van der Waals surface area contributed by atoms with Crippen molar-refractivity contribution >= 4 is 17.7 Å². The van der Waals surface area contributed by atoms with E-state index in [0.717, 1.165) is 22.6 Å². The number of carbonyl (C=O) groups excluding carboxylic acids is 1. The third-order valence-electron chi connectivity index (χ3n) is 16.2. The normalized spacial score (nSPS) is 39.8. The van der Waals surface area contributed by atoms with Gasteiger partial charge in [0.05, 0.1) is 47.2 Å². The monoisotopic (exact) mass is 1010 g/mol. The maximum absolute atomic E-state index is 14.7. The highest BCUT2D eigenvalue weighted by atomic mass is 32.2. The van der Waals surface area contributed by atoms with Crippen LogP contribution in [0.4, 0.5) is 4.39 Å². The Morgan fingerprint density at radius 2 is 1.67 bits per heavy atom. The van der Waals surface area contributed by atoms with E-state index < -0.39 is 108 Å². The number of aliphatic hydroxyl groups excluding tert-OH is 2. The molecule has 400 valence electrons. The molecule has 2 unspecified atom stereocenters. The van der Waals surface area contributed by atoms with E-state index >= 15 is 0 Å². The minimum absolute atomic E-state index is 0.0161. The second kappa shape index (κ2) is 24.8. The first-order chi connectivity index (χ1) is 32.8. The maximum atomic E-state index is 14.7. The summed E-state index contributed by atoms with van der Waals surface area (Å²) in [5, 5.41) is 56.6. The number of thioether (sulfide) groups is 1. The van der Waals surface area contributed by atoms with Gasteiger partial charge >= 0.3 is 5.97 Å². The van der Waals surface area contributed by atoms with E-state index in [9.17, 15) is 29.6 Å². The fourth-order valence-corrected chi connectivity index (χ4v) is 12.2. The standard InChI is InChI=1S/C52H88FN5O11S/c1-16-42-52(10,63)46(59)34(6)57(12)28-30(2)25-50(8,62)48(32(4)44(33(5)49(61)68-42)41-26-51(9,65-14)47(60)35(7)67-41)69-43-24-38(23-31(3)66-43)56(11)22-21-37-29-58(55-54-37)40(27-53)45(64-13)36-17-19-39(70-15)20-18-36/h17-20,29-35,38,40-48,59-60,62-63H,16,21-28H2,1-15H3/t30-,31-,32+,33-,34-,35+,38?,40-,41-,42-,43+,44?,45-,46-,47+,48-,50-,51-,52-/m1/s1. The van der Waals surface area contributed by atoms with Crippen LogP contribution in [0.3, 0.4) is 0 Å². The van der Waals surface area contributed by atoms with E-state index in [1.165, 1.54) is 6.92 Å². The van der Waals surface area contributed by atoms with Crippen molar-refractivity contribution in [2.75, 3.05) is 54.3 Å². The van der Waals surface area contributed by atoms with Crippen LogP contribution in [0.25, 0.3) is 0 Å². The molecule has 1 aromatic heterocycles. The molecular formula is C52H88FN5O11S. The van der Waals surface area contributed by atoms with E-state index in [1.54, 1.807) is 57.6 Å². The lowest BCUT2D eigenvalue weighted by Crippen LogP contribution is -2.61. The Bertz CT molecular complexity index is 1930. The third-order valence-corrected chi connectivity index (χ3v) is 16.9. The van der Waals surface area contributed by atoms with E-state index in [1.807, 2.05) is 84.0 Å². The average molecular weight is 1010 g/mol. The molecule has 3 aliphatic heterocycles. The zero-order valence-corrected chi connectivity index (χ0v) is 45.5. The molecule has 0 saturated carbocycles. The summed E-state index contributed by atoms with van der Waals surface area (Å²) in [6.45, 7) is 18.7. The van der Waals surface area contributed by atoms with Crippen LogP contribution in [0.1, 0.15) is 125 Å². The molecule has 0 aliphatic carbocycles. The summed E-state index contributed by atoms with van der Waals surface area (Å²) in [5.41, 5.74) is -2.72. The topological polar surface area (TPSA) is 191 Å². The number of halogens is 1. The van der Waals surface area contributed by atoms with Crippen molar-refractivity contribution in [2.24, 2.45) is 23.7 Å². The van der Waals surface area contributed by atoms with Crippen LogP contribution >= 0.6 is 11.8 Å². The molecular weight excluding hydrogens is 922 g/mol. The van der Waals surface area contributed by atoms with Crippen LogP contribution in [0.2, 0.25) is 0 Å². The van der Waals surface area contributed by atoms with E-state index in [-0.39, 0.29) is 37.3 Å². The Hall–Kier alpha value is -2.33. The van der Waals surface area contributed by atoms with Gasteiger partial charge in [0.1, 0.15) is 42.7 Å². The molecule has 0 bridgehead atoms. The SMILES string of the molecule is CC[C@H]1OC(=O)[C@H](C)C([C@H]2C[C@@](C)(OC)[C@@H](O)[C@H](C)O2)[C@H](C)[C@@H](O[C@H]2CC(N(C)CCc3cn([C@H](CF)[C@H](OC)c4ccc(SC)cc4)nn3)C[C@@H](C)O2)[C@](C)(O)C[C@@H](C)CN(C)[C@H](C)[C@@H](O)[C@]1(C)O. The Morgan fingerprint density at radius 3 is 2.27 bits per heavy atom. The lowest BCUT2D eigenvalue weighted by molar-refractivity contribution is -0.275. The molecule has 3 fully saturated rings. The van der Waals surface area contributed by atoms with Crippen LogP contribution in [0.15, 0.2) is 35.4 Å². The lowest BCUT2D eigenvalue weighted by Gasteiger charge is -2.51. The summed E-state index contributed by atoms with van der Waals surface area (Å²) in [6, 6.07) is 6.69. The zero-order valence-electron chi connectivity index (χ0n) is 44.7. The predicted octanol–water partition coefficient (Wildman–Crippen LogP) is 6.03. The first kappa shape index (κ1) is 58.6. The Kier molecular flexibility index (Phi) is 20.7. The largest absolute Gasteiger partial charge is 0.459 e. The quantitative estimate of drug-likeness (QED) is 0.119. The van der Waals surface area contributed by atoms with Crippen molar-refractivity contribution in [3.8, 4) is 0 Å². The van der Waals surface area contributed by atoms with E-state index in [4.69, 9.17) is 28.4 Å². The van der Waals surface area contributed by atoms with Gasteiger partial charge in [-0.3, -0.25) is 4.79 Å². The number of hydrogen-bond donors (Lipinski definition) is 4. The molecule has 0 amide bonds.